The zero-order valence-electron chi connectivity index (χ0n) is 45.2. The van der Waals surface area contributed by atoms with Crippen LogP contribution in [0, 0.1) is 29.6 Å². The van der Waals surface area contributed by atoms with Crippen molar-refractivity contribution in [2.75, 3.05) is 27.2 Å². The third-order valence-electron chi connectivity index (χ3n) is 7.78. The average Bonchev–Trinajstić information content (AvgIpc) is 3.31. The van der Waals surface area contributed by atoms with E-state index in [0.29, 0.717) is 11.8 Å². The largest absolute Gasteiger partial charge is 0.399 e. The van der Waals surface area contributed by atoms with E-state index in [9.17, 15) is 0 Å². The average molecular weight is 880 g/mol. The molecular formula is C56H112CrN3-. The van der Waals surface area contributed by atoms with Crippen LogP contribution in [0.15, 0.2) is 128 Å². The van der Waals surface area contributed by atoms with Crippen molar-refractivity contribution in [2.24, 2.45) is 34.6 Å². The number of hydrogen-bond donors (Lipinski definition) is 2. The Labute approximate surface area is 394 Å². The number of rotatable bonds is 8. The minimum absolute atomic E-state index is 0. The Morgan fingerprint density at radius 1 is 0.817 bits per heavy atom. The quantitative estimate of drug-likeness (QED) is 0.145. The molecular weight excluding hydrogens is 767 g/mol. The molecule has 2 aliphatic carbocycles. The van der Waals surface area contributed by atoms with Crippen molar-refractivity contribution in [1.29, 1.82) is 0 Å². The van der Waals surface area contributed by atoms with E-state index < -0.39 is 0 Å². The number of hydrogen-bond acceptors (Lipinski definition) is 3. The predicted molar refractivity (Wildman–Crippen MR) is 288 cm³/mol. The molecule has 3 aliphatic rings. The molecule has 3 nitrogen and oxygen atoms in total. The Hall–Kier alpha value is -2.64. The molecule has 3 rings (SSSR count). The van der Waals surface area contributed by atoms with Gasteiger partial charge in [0, 0.05) is 37.4 Å². The molecule has 0 radical (unpaired) electrons. The molecule has 0 aromatic carbocycles. The first kappa shape index (κ1) is 84.8. The first-order chi connectivity index (χ1) is 28.8. The Bertz CT molecular complexity index is 940. The summed E-state index contributed by atoms with van der Waals surface area (Å²) in [7, 11) is 3.68. The smallest absolute Gasteiger partial charge is 0.00898 e. The summed E-state index contributed by atoms with van der Waals surface area (Å²) in [5.41, 5.74) is 4.52. The van der Waals surface area contributed by atoms with Gasteiger partial charge in [0.05, 0.1) is 0 Å². The normalized spacial score (nSPS) is 16.8. The van der Waals surface area contributed by atoms with Gasteiger partial charge in [-0.1, -0.05) is 178 Å². The number of aliphatic imine (C=N–C) groups is 1. The van der Waals surface area contributed by atoms with Gasteiger partial charge in [0.2, 0.25) is 0 Å². The summed E-state index contributed by atoms with van der Waals surface area (Å²) in [5, 5.41) is 6.40. The second-order valence-electron chi connectivity index (χ2n) is 11.4. The van der Waals surface area contributed by atoms with Gasteiger partial charge in [-0.25, -0.2) is 12.2 Å². The second kappa shape index (κ2) is 87.8. The van der Waals surface area contributed by atoms with Crippen LogP contribution < -0.4 is 10.6 Å². The SMILES string of the molecule is C/C=C\C.C/C=C\[C-]=NC.C=C.C=C.C=CC.CC.CC.CC.CC.CC.CC.CCC1=CC(C(/C=C\NC)=C2\C=CCC(C(C)C)C2)C(CC)C=C1.CCC1CNC1.[Cr]. The Balaban J connectivity index is -0.0000000612. The molecule has 0 aromatic heterocycles. The van der Waals surface area contributed by atoms with Gasteiger partial charge >= 0.3 is 0 Å². The van der Waals surface area contributed by atoms with Crippen molar-refractivity contribution in [3.63, 3.8) is 0 Å². The van der Waals surface area contributed by atoms with Crippen LogP contribution in [0.2, 0.25) is 0 Å². The van der Waals surface area contributed by atoms with E-state index >= 15 is 0 Å². The van der Waals surface area contributed by atoms with Crippen LogP contribution in [0.4, 0.5) is 0 Å². The van der Waals surface area contributed by atoms with Crippen LogP contribution in [0.3, 0.4) is 0 Å². The van der Waals surface area contributed by atoms with Crippen LogP contribution in [-0.2, 0) is 17.4 Å². The Morgan fingerprint density at radius 2 is 1.28 bits per heavy atom. The van der Waals surface area contributed by atoms with Gasteiger partial charge in [-0.3, -0.25) is 0 Å². The van der Waals surface area contributed by atoms with E-state index in [0.717, 1.165) is 24.2 Å². The molecule has 0 amide bonds. The molecule has 1 fully saturated rings. The molecule has 4 heteroatoms. The topological polar surface area (TPSA) is 36.4 Å². The van der Waals surface area contributed by atoms with Gasteiger partial charge in [-0.05, 0) is 107 Å². The van der Waals surface area contributed by atoms with E-state index in [1.54, 1.807) is 19.2 Å². The Kier molecular flexibility index (Phi) is 124. The van der Waals surface area contributed by atoms with E-state index in [1.165, 1.54) is 55.5 Å². The maximum absolute atomic E-state index is 3.59. The summed E-state index contributed by atoms with van der Waals surface area (Å²) in [4.78, 5) is 3.59. The molecule has 1 saturated heterocycles. The fraction of sp³-hybridized carbons (Fsp3) is 0.625. The molecule has 60 heavy (non-hydrogen) atoms. The van der Waals surface area contributed by atoms with E-state index in [-0.39, 0.29) is 17.4 Å². The van der Waals surface area contributed by atoms with Gasteiger partial charge in [0.1, 0.15) is 0 Å². The van der Waals surface area contributed by atoms with E-state index in [1.807, 2.05) is 136 Å². The number of nitrogens with zero attached hydrogens (tertiary/aromatic N) is 1. The summed E-state index contributed by atoms with van der Waals surface area (Å²) < 4.78 is 0. The fourth-order valence-corrected chi connectivity index (χ4v) is 4.66. The van der Waals surface area contributed by atoms with Crippen molar-refractivity contribution in [1.82, 2.24) is 10.6 Å². The van der Waals surface area contributed by atoms with Crippen molar-refractivity contribution < 1.29 is 17.4 Å². The third kappa shape index (κ3) is 59.7. The minimum atomic E-state index is 0. The summed E-state index contributed by atoms with van der Waals surface area (Å²) in [5.74, 6) is 3.64. The van der Waals surface area contributed by atoms with Gasteiger partial charge < -0.3 is 15.6 Å². The maximum atomic E-state index is 3.59. The minimum Gasteiger partial charge on any atom is -0.399 e. The predicted octanol–water partition coefficient (Wildman–Crippen LogP) is 18.5. The van der Waals surface area contributed by atoms with Gasteiger partial charge in [-0.15, -0.1) is 39.8 Å². The Morgan fingerprint density at radius 3 is 1.55 bits per heavy atom. The molecule has 0 aromatic rings. The monoisotopic (exact) mass is 879 g/mol. The van der Waals surface area contributed by atoms with Crippen LogP contribution in [0.5, 0.6) is 0 Å². The first-order valence-electron chi connectivity index (χ1n) is 23.7. The second-order valence-corrected chi connectivity index (χ2v) is 11.4. The maximum Gasteiger partial charge on any atom is 0.00898 e. The first-order valence-corrected chi connectivity index (χ1v) is 23.7. The number of nitrogens with one attached hydrogen (secondary N) is 2. The molecule has 3 unspecified atom stereocenters. The molecule has 358 valence electrons. The van der Waals surface area contributed by atoms with Crippen molar-refractivity contribution in [2.45, 2.75) is 178 Å². The molecule has 2 N–H and O–H groups in total. The zero-order chi connectivity index (χ0) is 48.9. The van der Waals surface area contributed by atoms with Gasteiger partial charge in [0.15, 0.2) is 0 Å². The van der Waals surface area contributed by atoms with Crippen molar-refractivity contribution in [3.8, 4) is 0 Å². The molecule has 1 heterocycles. The summed E-state index contributed by atoms with van der Waals surface area (Å²) in [6.07, 6.45) is 34.6. The van der Waals surface area contributed by atoms with Crippen LogP contribution >= 0.6 is 0 Å². The zero-order valence-corrected chi connectivity index (χ0v) is 46.4. The summed E-state index contributed by atoms with van der Waals surface area (Å²) in [6, 6.07) is 0. The molecule has 1 aliphatic heterocycles. The number of allylic oxidation sites excluding steroid dienone is 14. The van der Waals surface area contributed by atoms with Crippen LogP contribution in [0.25, 0.3) is 0 Å². The van der Waals surface area contributed by atoms with Gasteiger partial charge in [0.25, 0.3) is 0 Å². The standard InChI is InChI=1S/C23H35N.C5H11N.C5H8N.C4H8.C3H6.6C2H6.2C2H4.Cr/c1-6-18-11-12-19(7-2)23(15-18)22(13-14-24-5)21-10-8-9-20(16-21)17(3)4;1-2-5-3-6-4-5;1-3-4-5-6-2;1-3-4-2;1-3-2;8*1-2;/h8,10-15,17,19-20,23-24H,6-7,9,16H2,1-5H3;5-6H,2-4H2,1H3;3-4H,1-2H3;3-4H,1-2H3;3H,1H2,2H3;6*1-2H3;2*1-2H2;/q;;-1;;;;;;;;;;;/b14-13-,22-21+;;2*4-3-;;;;;;;;;;. The molecule has 3 atom stereocenters. The van der Waals surface area contributed by atoms with E-state index in [2.05, 4.69) is 132 Å². The van der Waals surface area contributed by atoms with Gasteiger partial charge in [-0.2, -0.15) is 6.21 Å². The molecule has 0 spiro atoms. The fourth-order valence-electron chi connectivity index (χ4n) is 4.66. The molecule has 0 bridgehead atoms. The van der Waals surface area contributed by atoms with Crippen LogP contribution in [-0.4, -0.2) is 33.4 Å². The molecule has 0 saturated carbocycles. The van der Waals surface area contributed by atoms with E-state index in [4.69, 9.17) is 0 Å². The third-order valence-corrected chi connectivity index (χ3v) is 7.78. The summed E-state index contributed by atoms with van der Waals surface area (Å²) in [6.45, 7) is 61.2. The van der Waals surface area contributed by atoms with Crippen LogP contribution in [0.1, 0.15) is 178 Å². The van der Waals surface area contributed by atoms with Crippen molar-refractivity contribution >= 4 is 6.21 Å². The summed E-state index contributed by atoms with van der Waals surface area (Å²) >= 11 is 0. The van der Waals surface area contributed by atoms with Crippen molar-refractivity contribution in [3.05, 3.63) is 123 Å².